The molecule has 0 rings (SSSR count). The SMILES string of the molecule is C=CCOS(=O)(=O)O.CC(O)NC(C)O. The minimum atomic E-state index is -4.26. The van der Waals surface area contributed by atoms with Crippen LogP contribution in [-0.4, -0.2) is 42.2 Å². The molecule has 0 aliphatic carbocycles. The van der Waals surface area contributed by atoms with Crippen molar-refractivity contribution in [2.24, 2.45) is 0 Å². The van der Waals surface area contributed by atoms with Crippen molar-refractivity contribution in [3.8, 4) is 0 Å². The Morgan fingerprint density at radius 3 is 1.87 bits per heavy atom. The van der Waals surface area contributed by atoms with Crippen LogP contribution in [0.3, 0.4) is 0 Å². The molecule has 0 aromatic carbocycles. The molecular formula is C7H17NO6S. The molecule has 15 heavy (non-hydrogen) atoms. The zero-order valence-corrected chi connectivity index (χ0v) is 9.44. The molecule has 0 aromatic rings. The predicted octanol–water partition coefficient (Wildman–Crippen LogP) is -0.756. The van der Waals surface area contributed by atoms with Gasteiger partial charge < -0.3 is 10.2 Å². The van der Waals surface area contributed by atoms with Gasteiger partial charge in [-0.15, -0.1) is 6.58 Å². The van der Waals surface area contributed by atoms with E-state index < -0.39 is 22.9 Å². The Bertz CT molecular complexity index is 242. The van der Waals surface area contributed by atoms with Crippen molar-refractivity contribution in [3.05, 3.63) is 12.7 Å². The Balaban J connectivity index is 0. The third kappa shape index (κ3) is 24.7. The molecule has 0 saturated carbocycles. The van der Waals surface area contributed by atoms with Crippen molar-refractivity contribution in [1.29, 1.82) is 0 Å². The fourth-order valence-corrected chi connectivity index (χ4v) is 0.751. The summed E-state index contributed by atoms with van der Waals surface area (Å²) >= 11 is 0. The molecule has 4 N–H and O–H groups in total. The summed E-state index contributed by atoms with van der Waals surface area (Å²) in [6.45, 7) is 6.06. The minimum absolute atomic E-state index is 0.196. The van der Waals surface area contributed by atoms with Crippen LogP contribution >= 0.6 is 0 Å². The van der Waals surface area contributed by atoms with Crippen molar-refractivity contribution in [2.45, 2.75) is 26.3 Å². The van der Waals surface area contributed by atoms with E-state index in [4.69, 9.17) is 14.8 Å². The van der Waals surface area contributed by atoms with Crippen LogP contribution in [0, 0.1) is 0 Å². The second kappa shape index (κ2) is 8.77. The van der Waals surface area contributed by atoms with E-state index >= 15 is 0 Å². The molecule has 92 valence electrons. The summed E-state index contributed by atoms with van der Waals surface area (Å²) in [5, 5.41) is 19.3. The number of hydrogen-bond donors (Lipinski definition) is 4. The van der Waals surface area contributed by atoms with Crippen LogP contribution in [0.15, 0.2) is 12.7 Å². The van der Waals surface area contributed by atoms with Gasteiger partial charge in [0.05, 0.1) is 6.61 Å². The number of aliphatic hydroxyl groups is 2. The first-order valence-electron chi connectivity index (χ1n) is 4.04. The lowest BCUT2D eigenvalue weighted by atomic mass is 10.6. The first-order valence-corrected chi connectivity index (χ1v) is 5.40. The van der Waals surface area contributed by atoms with E-state index in [-0.39, 0.29) is 6.61 Å². The Morgan fingerprint density at radius 1 is 1.40 bits per heavy atom. The van der Waals surface area contributed by atoms with Gasteiger partial charge in [0.25, 0.3) is 0 Å². The van der Waals surface area contributed by atoms with Crippen LogP contribution in [0.25, 0.3) is 0 Å². The molecule has 0 bridgehead atoms. The summed E-state index contributed by atoms with van der Waals surface area (Å²) < 4.78 is 31.0. The molecule has 0 amide bonds. The lowest BCUT2D eigenvalue weighted by Crippen LogP contribution is -2.33. The summed E-state index contributed by atoms with van der Waals surface area (Å²) in [6, 6.07) is 0. The van der Waals surface area contributed by atoms with E-state index in [0.29, 0.717) is 0 Å². The van der Waals surface area contributed by atoms with Crippen LogP contribution in [0.4, 0.5) is 0 Å². The third-order valence-corrected chi connectivity index (χ3v) is 1.25. The monoisotopic (exact) mass is 243 g/mol. The van der Waals surface area contributed by atoms with E-state index in [9.17, 15) is 8.42 Å². The van der Waals surface area contributed by atoms with Crippen molar-refractivity contribution < 1.29 is 27.4 Å². The van der Waals surface area contributed by atoms with E-state index in [0.717, 1.165) is 0 Å². The summed E-state index contributed by atoms with van der Waals surface area (Å²) in [7, 11) is -4.26. The van der Waals surface area contributed by atoms with Crippen molar-refractivity contribution in [3.63, 3.8) is 0 Å². The van der Waals surface area contributed by atoms with Gasteiger partial charge in [0.15, 0.2) is 0 Å². The van der Waals surface area contributed by atoms with Crippen LogP contribution in [0.2, 0.25) is 0 Å². The third-order valence-electron chi connectivity index (χ3n) is 0.817. The van der Waals surface area contributed by atoms with E-state index in [1.54, 1.807) is 13.8 Å². The second-order valence-corrected chi connectivity index (χ2v) is 3.61. The first kappa shape index (κ1) is 16.9. The maximum absolute atomic E-state index is 9.68. The summed E-state index contributed by atoms with van der Waals surface area (Å²) in [5.74, 6) is 0. The molecule has 0 aromatic heterocycles. The standard InChI is InChI=1S/C4H11NO2.C3H6O4S/c1-3(6)5-4(2)7;1-2-3-7-8(4,5)6/h3-7H,1-2H3;2H,1,3H2,(H,4,5,6). The molecule has 8 heteroatoms. The maximum Gasteiger partial charge on any atom is 0.397 e. The zero-order chi connectivity index (χ0) is 12.5. The maximum atomic E-state index is 9.68. The fourth-order valence-electron chi connectivity index (χ4n) is 0.483. The molecule has 2 unspecified atom stereocenters. The van der Waals surface area contributed by atoms with E-state index in [1.165, 1.54) is 6.08 Å². The van der Waals surface area contributed by atoms with Gasteiger partial charge in [-0.05, 0) is 13.8 Å². The van der Waals surface area contributed by atoms with Crippen LogP contribution < -0.4 is 5.32 Å². The first-order chi connectivity index (χ1) is 6.69. The number of nitrogens with one attached hydrogen (secondary N) is 1. The number of hydrogen-bond acceptors (Lipinski definition) is 6. The Kier molecular flexibility index (Phi) is 9.88. The average Bonchev–Trinajstić information content (AvgIpc) is 1.97. The highest BCUT2D eigenvalue weighted by molar-refractivity contribution is 7.80. The molecule has 2 atom stereocenters. The molecule has 0 saturated heterocycles. The van der Waals surface area contributed by atoms with Gasteiger partial charge in [-0.2, -0.15) is 8.42 Å². The van der Waals surface area contributed by atoms with Crippen LogP contribution in [0.5, 0.6) is 0 Å². The molecule has 0 aliphatic heterocycles. The fraction of sp³-hybridized carbons (Fsp3) is 0.714. The van der Waals surface area contributed by atoms with Crippen molar-refractivity contribution >= 4 is 10.4 Å². The van der Waals surface area contributed by atoms with Crippen LogP contribution in [-0.2, 0) is 14.6 Å². The van der Waals surface area contributed by atoms with Gasteiger partial charge >= 0.3 is 10.4 Å². The number of rotatable bonds is 5. The molecule has 7 nitrogen and oxygen atoms in total. The Hall–Kier alpha value is -0.510. The smallest absolute Gasteiger partial charge is 0.379 e. The lowest BCUT2D eigenvalue weighted by Gasteiger charge is -2.08. The molecule has 0 spiro atoms. The molecule has 0 fully saturated rings. The quantitative estimate of drug-likeness (QED) is 0.285. The topological polar surface area (TPSA) is 116 Å². The largest absolute Gasteiger partial charge is 0.397 e. The lowest BCUT2D eigenvalue weighted by molar-refractivity contribution is 0.0632. The normalized spacial score (nSPS) is 14.7. The molecule has 0 heterocycles. The summed E-state index contributed by atoms with van der Waals surface area (Å²) in [4.78, 5) is 0. The molecule has 0 radical (unpaired) electrons. The highest BCUT2D eigenvalue weighted by Gasteiger charge is 1.99. The highest BCUT2D eigenvalue weighted by atomic mass is 32.3. The van der Waals surface area contributed by atoms with Crippen molar-refractivity contribution in [1.82, 2.24) is 5.32 Å². The van der Waals surface area contributed by atoms with Crippen LogP contribution in [0.1, 0.15) is 13.8 Å². The second-order valence-electron chi connectivity index (χ2n) is 2.52. The highest BCUT2D eigenvalue weighted by Crippen LogP contribution is 1.83. The zero-order valence-electron chi connectivity index (χ0n) is 8.62. The van der Waals surface area contributed by atoms with Gasteiger partial charge in [0.1, 0.15) is 12.5 Å². The average molecular weight is 243 g/mol. The van der Waals surface area contributed by atoms with Crippen molar-refractivity contribution in [2.75, 3.05) is 6.61 Å². The van der Waals surface area contributed by atoms with E-state index in [2.05, 4.69) is 16.1 Å². The Morgan fingerprint density at radius 2 is 1.80 bits per heavy atom. The summed E-state index contributed by atoms with van der Waals surface area (Å²) in [5.41, 5.74) is 0. The van der Waals surface area contributed by atoms with Gasteiger partial charge in [0.2, 0.25) is 0 Å². The van der Waals surface area contributed by atoms with E-state index in [1.807, 2.05) is 0 Å². The van der Waals surface area contributed by atoms with Gasteiger partial charge in [-0.1, -0.05) is 6.08 Å². The van der Waals surface area contributed by atoms with Gasteiger partial charge in [-0.25, -0.2) is 4.18 Å². The minimum Gasteiger partial charge on any atom is -0.379 e. The van der Waals surface area contributed by atoms with Gasteiger partial charge in [-0.3, -0.25) is 9.87 Å². The van der Waals surface area contributed by atoms with Gasteiger partial charge in [0, 0.05) is 0 Å². The Labute approximate surface area is 89.3 Å². The number of aliphatic hydroxyl groups excluding tert-OH is 2. The summed E-state index contributed by atoms with van der Waals surface area (Å²) in [6.07, 6.45) is -0.0340. The predicted molar refractivity (Wildman–Crippen MR) is 54.2 cm³/mol. The molecular weight excluding hydrogens is 226 g/mol. The molecule has 0 aliphatic rings.